The lowest BCUT2D eigenvalue weighted by molar-refractivity contribution is -0.118. The summed E-state index contributed by atoms with van der Waals surface area (Å²) in [7, 11) is -1.46. The summed E-state index contributed by atoms with van der Waals surface area (Å²) in [5.74, 6) is 0.966. The van der Waals surface area contributed by atoms with Gasteiger partial charge in [0.2, 0.25) is 0 Å². The molecule has 0 bridgehead atoms. The van der Waals surface area contributed by atoms with Gasteiger partial charge < -0.3 is 19.3 Å². The maximum Gasteiger partial charge on any atom is 0.470 e. The third-order valence-corrected chi connectivity index (χ3v) is 6.60. The highest BCUT2D eigenvalue weighted by atomic mass is 32.2. The molecule has 2 aromatic rings. The van der Waals surface area contributed by atoms with Gasteiger partial charge in [0.05, 0.1) is 12.2 Å². The van der Waals surface area contributed by atoms with Crippen molar-refractivity contribution in [2.24, 2.45) is 11.3 Å². The van der Waals surface area contributed by atoms with E-state index in [1.54, 1.807) is 13.2 Å². The van der Waals surface area contributed by atoms with Gasteiger partial charge >= 0.3 is 7.12 Å². The first-order chi connectivity index (χ1) is 13.7. The molecule has 1 aromatic carbocycles. The van der Waals surface area contributed by atoms with Crippen molar-refractivity contribution < 1.29 is 19.3 Å². The maximum absolute atomic E-state index is 11.6. The van der Waals surface area contributed by atoms with Crippen molar-refractivity contribution >= 4 is 35.8 Å². The van der Waals surface area contributed by atoms with E-state index >= 15 is 0 Å². The SMILES string of the molecule is CCCC(CC(C)=O)C(C)(C)CCSNC(Cc1coc2ccccc12)B(O)O. The van der Waals surface area contributed by atoms with Crippen LogP contribution in [-0.4, -0.2) is 34.6 Å². The Morgan fingerprint density at radius 1 is 1.31 bits per heavy atom. The lowest BCUT2D eigenvalue weighted by atomic mass is 9.72. The zero-order chi connectivity index (χ0) is 21.4. The Morgan fingerprint density at radius 2 is 2.03 bits per heavy atom. The minimum Gasteiger partial charge on any atom is -0.464 e. The van der Waals surface area contributed by atoms with Crippen LogP contribution in [0.4, 0.5) is 0 Å². The molecule has 0 saturated carbocycles. The molecular weight excluding hydrogens is 385 g/mol. The maximum atomic E-state index is 11.6. The molecule has 0 saturated heterocycles. The molecule has 0 aliphatic heterocycles. The Labute approximate surface area is 178 Å². The number of furan rings is 1. The van der Waals surface area contributed by atoms with E-state index in [0.717, 1.165) is 41.5 Å². The molecule has 0 spiro atoms. The standard InChI is InChI=1S/C22H34BNO4S/c1-5-8-18(13-16(2)25)22(3,4)11-12-29-24-21(23(26)27)14-17-15-28-20-10-7-6-9-19(17)20/h6-7,9-10,15,18,21,24,26-27H,5,8,11-14H2,1-4H3. The third-order valence-electron chi connectivity index (χ3n) is 5.72. The Bertz CT molecular complexity index is 777. The fourth-order valence-electron chi connectivity index (χ4n) is 3.78. The number of hydrogen-bond donors (Lipinski definition) is 3. The first kappa shape index (κ1) is 24.0. The van der Waals surface area contributed by atoms with E-state index in [-0.39, 0.29) is 11.2 Å². The monoisotopic (exact) mass is 419 g/mol. The molecule has 160 valence electrons. The van der Waals surface area contributed by atoms with Gasteiger partial charge in [-0.25, -0.2) is 0 Å². The highest BCUT2D eigenvalue weighted by Crippen LogP contribution is 2.37. The molecule has 1 aromatic heterocycles. The molecule has 0 fully saturated rings. The summed E-state index contributed by atoms with van der Waals surface area (Å²) in [6, 6.07) is 7.75. The summed E-state index contributed by atoms with van der Waals surface area (Å²) in [5, 5.41) is 20.6. The second-order valence-electron chi connectivity index (χ2n) is 8.58. The van der Waals surface area contributed by atoms with Crippen molar-refractivity contribution in [1.82, 2.24) is 4.72 Å². The second-order valence-corrected chi connectivity index (χ2v) is 9.51. The summed E-state index contributed by atoms with van der Waals surface area (Å²) in [6.07, 6.45) is 5.86. The van der Waals surface area contributed by atoms with Crippen LogP contribution >= 0.6 is 11.9 Å². The summed E-state index contributed by atoms with van der Waals surface area (Å²) in [5.41, 5.74) is 1.82. The fraction of sp³-hybridized carbons (Fsp3) is 0.591. The van der Waals surface area contributed by atoms with Crippen LogP contribution in [0.1, 0.15) is 58.9 Å². The van der Waals surface area contributed by atoms with Crippen molar-refractivity contribution in [3.05, 3.63) is 36.1 Å². The normalized spacial score (nSPS) is 14.1. The van der Waals surface area contributed by atoms with E-state index in [2.05, 4.69) is 25.5 Å². The predicted octanol–water partition coefficient (Wildman–Crippen LogP) is 4.41. The van der Waals surface area contributed by atoms with Gasteiger partial charge in [-0.3, -0.25) is 4.72 Å². The van der Waals surface area contributed by atoms with Crippen LogP contribution in [0.2, 0.25) is 0 Å². The van der Waals surface area contributed by atoms with E-state index in [4.69, 9.17) is 4.42 Å². The smallest absolute Gasteiger partial charge is 0.464 e. The zero-order valence-corrected chi connectivity index (χ0v) is 18.8. The lowest BCUT2D eigenvalue weighted by Crippen LogP contribution is -2.42. The number of fused-ring (bicyclic) bond motifs is 1. The molecule has 2 unspecified atom stereocenters. The molecular formula is C22H34BNO4S. The van der Waals surface area contributed by atoms with Crippen LogP contribution in [0, 0.1) is 11.3 Å². The quantitative estimate of drug-likeness (QED) is 0.254. The number of carbonyl (C=O) groups excluding carboxylic acids is 1. The summed E-state index contributed by atoms with van der Waals surface area (Å²) < 4.78 is 8.77. The number of para-hydroxylation sites is 1. The van der Waals surface area contributed by atoms with E-state index in [0.29, 0.717) is 18.8 Å². The minimum absolute atomic E-state index is 0.0600. The van der Waals surface area contributed by atoms with E-state index in [1.807, 2.05) is 24.3 Å². The Morgan fingerprint density at radius 3 is 2.69 bits per heavy atom. The minimum atomic E-state index is -1.46. The number of hydrogen-bond acceptors (Lipinski definition) is 6. The molecule has 5 nitrogen and oxygen atoms in total. The van der Waals surface area contributed by atoms with Crippen molar-refractivity contribution in [2.45, 2.75) is 65.7 Å². The molecule has 3 N–H and O–H groups in total. The first-order valence-electron chi connectivity index (χ1n) is 10.4. The lowest BCUT2D eigenvalue weighted by Gasteiger charge is -2.34. The molecule has 0 aliphatic rings. The van der Waals surface area contributed by atoms with Gasteiger partial charge in [-0.1, -0.05) is 57.3 Å². The number of rotatable bonds is 13. The molecule has 0 radical (unpaired) electrons. The molecule has 1 heterocycles. The van der Waals surface area contributed by atoms with Crippen LogP contribution in [0.25, 0.3) is 11.0 Å². The highest BCUT2D eigenvalue weighted by Gasteiger charge is 2.30. The second kappa shape index (κ2) is 11.2. The van der Waals surface area contributed by atoms with Crippen LogP contribution in [0.3, 0.4) is 0 Å². The van der Waals surface area contributed by atoms with Gasteiger partial charge in [0.1, 0.15) is 11.4 Å². The van der Waals surface area contributed by atoms with Crippen molar-refractivity contribution in [3.63, 3.8) is 0 Å². The van der Waals surface area contributed by atoms with Crippen LogP contribution in [0.15, 0.2) is 34.9 Å². The van der Waals surface area contributed by atoms with Crippen molar-refractivity contribution in [2.75, 3.05) is 5.75 Å². The molecule has 2 rings (SSSR count). The van der Waals surface area contributed by atoms with Gasteiger partial charge in [-0.05, 0) is 49.1 Å². The molecule has 29 heavy (non-hydrogen) atoms. The zero-order valence-electron chi connectivity index (χ0n) is 18.0. The fourth-order valence-corrected chi connectivity index (χ4v) is 4.95. The predicted molar refractivity (Wildman–Crippen MR) is 122 cm³/mol. The number of ketones is 1. The van der Waals surface area contributed by atoms with Gasteiger partial charge in [0.15, 0.2) is 0 Å². The van der Waals surface area contributed by atoms with Gasteiger partial charge in [0.25, 0.3) is 0 Å². The molecule has 0 aliphatic carbocycles. The average molecular weight is 419 g/mol. The van der Waals surface area contributed by atoms with Crippen LogP contribution in [0.5, 0.6) is 0 Å². The van der Waals surface area contributed by atoms with Crippen LogP contribution in [-0.2, 0) is 11.2 Å². The summed E-state index contributed by atoms with van der Waals surface area (Å²) >= 11 is 1.51. The van der Waals surface area contributed by atoms with Gasteiger partial charge in [-0.15, -0.1) is 0 Å². The van der Waals surface area contributed by atoms with E-state index in [9.17, 15) is 14.8 Å². The largest absolute Gasteiger partial charge is 0.470 e. The Kier molecular flexibility index (Phi) is 9.27. The Hall–Kier alpha value is -1.28. The van der Waals surface area contributed by atoms with Crippen molar-refractivity contribution in [3.8, 4) is 0 Å². The topological polar surface area (TPSA) is 82.7 Å². The number of Topliss-reactive ketones (excluding diaryl/α,β-unsaturated/α-hetero) is 1. The van der Waals surface area contributed by atoms with Crippen molar-refractivity contribution in [1.29, 1.82) is 0 Å². The molecule has 7 heteroatoms. The summed E-state index contributed by atoms with van der Waals surface area (Å²) in [6.45, 7) is 8.29. The van der Waals surface area contributed by atoms with Gasteiger partial charge in [0, 0.05) is 17.6 Å². The third kappa shape index (κ3) is 7.17. The van der Waals surface area contributed by atoms with Crippen LogP contribution < -0.4 is 4.72 Å². The molecule has 2 atom stereocenters. The number of carbonyl (C=O) groups is 1. The summed E-state index contributed by atoms with van der Waals surface area (Å²) in [4.78, 5) is 11.6. The van der Waals surface area contributed by atoms with Gasteiger partial charge in [-0.2, -0.15) is 0 Å². The highest BCUT2D eigenvalue weighted by molar-refractivity contribution is 7.97. The molecule has 0 amide bonds. The number of nitrogens with one attached hydrogen (secondary N) is 1. The Balaban J connectivity index is 1.89. The van der Waals surface area contributed by atoms with E-state index < -0.39 is 13.1 Å². The average Bonchev–Trinajstić information content (AvgIpc) is 3.06. The first-order valence-corrected chi connectivity index (χ1v) is 11.4. The van der Waals surface area contributed by atoms with E-state index in [1.165, 1.54) is 11.9 Å². The number of benzene rings is 1.